The van der Waals surface area contributed by atoms with Gasteiger partial charge in [0.2, 0.25) is 0 Å². The molecule has 2 aromatic carbocycles. The second-order valence-electron chi connectivity index (χ2n) is 5.77. The zero-order valence-corrected chi connectivity index (χ0v) is 13.9. The van der Waals surface area contributed by atoms with Crippen LogP contribution >= 0.6 is 0 Å². The van der Waals surface area contributed by atoms with Crippen LogP contribution in [0, 0.1) is 0 Å². The summed E-state index contributed by atoms with van der Waals surface area (Å²) in [4.78, 5) is 12.3. The number of H-pyrrole nitrogens is 1. The van der Waals surface area contributed by atoms with Gasteiger partial charge in [-0.1, -0.05) is 12.1 Å². The number of rotatable bonds is 4. The molecule has 6 heteroatoms. The molecule has 2 heterocycles. The third kappa shape index (κ3) is 2.52. The lowest BCUT2D eigenvalue weighted by Crippen LogP contribution is -2.21. The first kappa shape index (κ1) is 15.3. The second kappa shape index (κ2) is 5.98. The largest absolute Gasteiger partial charge is 0.497 e. The number of amides is 1. The Labute approximate surface area is 144 Å². The summed E-state index contributed by atoms with van der Waals surface area (Å²) in [5, 5.41) is 10.2. The maximum atomic E-state index is 12.3. The Morgan fingerprint density at radius 2 is 1.52 bits per heavy atom. The van der Waals surface area contributed by atoms with E-state index in [0.717, 1.165) is 33.9 Å². The van der Waals surface area contributed by atoms with Gasteiger partial charge in [-0.25, -0.2) is 0 Å². The fourth-order valence-electron chi connectivity index (χ4n) is 3.10. The van der Waals surface area contributed by atoms with E-state index in [2.05, 4.69) is 15.5 Å². The highest BCUT2D eigenvalue weighted by Crippen LogP contribution is 2.37. The molecule has 2 N–H and O–H groups in total. The molecule has 1 amide bonds. The van der Waals surface area contributed by atoms with E-state index in [-0.39, 0.29) is 11.9 Å². The van der Waals surface area contributed by atoms with Gasteiger partial charge in [-0.3, -0.25) is 9.89 Å². The fourth-order valence-corrected chi connectivity index (χ4v) is 3.10. The van der Waals surface area contributed by atoms with Crippen LogP contribution < -0.4 is 14.8 Å². The van der Waals surface area contributed by atoms with Crippen LogP contribution in [0.2, 0.25) is 0 Å². The topological polar surface area (TPSA) is 76.2 Å². The summed E-state index contributed by atoms with van der Waals surface area (Å²) >= 11 is 0. The average Bonchev–Trinajstić information content (AvgIpc) is 3.23. The quantitative estimate of drug-likeness (QED) is 0.769. The van der Waals surface area contributed by atoms with Crippen molar-refractivity contribution in [3.8, 4) is 22.8 Å². The molecule has 0 saturated heterocycles. The molecule has 0 spiro atoms. The number of fused-ring (bicyclic) bond motifs is 1. The molecule has 3 aromatic rings. The maximum Gasteiger partial charge on any atom is 0.270 e. The van der Waals surface area contributed by atoms with Gasteiger partial charge in [0.15, 0.2) is 0 Å². The molecule has 126 valence electrons. The van der Waals surface area contributed by atoms with Crippen molar-refractivity contribution in [2.45, 2.75) is 6.04 Å². The predicted octanol–water partition coefficient (Wildman–Crippen LogP) is 2.93. The number of methoxy groups -OCH3 is 2. The predicted molar refractivity (Wildman–Crippen MR) is 92.9 cm³/mol. The highest BCUT2D eigenvalue weighted by atomic mass is 16.5. The fraction of sp³-hybridized carbons (Fsp3) is 0.158. The molecule has 1 atom stereocenters. The van der Waals surface area contributed by atoms with Crippen LogP contribution in [-0.4, -0.2) is 30.3 Å². The van der Waals surface area contributed by atoms with Crippen molar-refractivity contribution < 1.29 is 14.3 Å². The van der Waals surface area contributed by atoms with E-state index in [4.69, 9.17) is 9.47 Å². The molecule has 0 bridgehead atoms. The standard InChI is InChI=1S/C19H17N3O3/c1-24-13-7-3-11(4-8-13)16-15-17(21-22-18(15)19(23)20-16)12-5-9-14(25-2)10-6-12/h3-10,16H,1-2H3,(H,20,23)(H,21,22). The number of benzene rings is 2. The third-order valence-electron chi connectivity index (χ3n) is 4.41. The lowest BCUT2D eigenvalue weighted by molar-refractivity contribution is 0.0955. The van der Waals surface area contributed by atoms with E-state index in [9.17, 15) is 4.79 Å². The normalized spacial score (nSPS) is 15.6. The number of nitrogens with zero attached hydrogens (tertiary/aromatic N) is 1. The minimum absolute atomic E-state index is 0.150. The minimum Gasteiger partial charge on any atom is -0.497 e. The summed E-state index contributed by atoms with van der Waals surface area (Å²) in [7, 11) is 3.26. The van der Waals surface area contributed by atoms with E-state index in [1.54, 1.807) is 14.2 Å². The monoisotopic (exact) mass is 335 g/mol. The first-order valence-electron chi connectivity index (χ1n) is 7.88. The van der Waals surface area contributed by atoms with Crippen molar-refractivity contribution in [3.63, 3.8) is 0 Å². The molecule has 6 nitrogen and oxygen atoms in total. The summed E-state index contributed by atoms with van der Waals surface area (Å²) < 4.78 is 10.4. The molecular weight excluding hydrogens is 318 g/mol. The Bertz CT molecular complexity index is 914. The van der Waals surface area contributed by atoms with Gasteiger partial charge in [0.1, 0.15) is 17.2 Å². The van der Waals surface area contributed by atoms with Crippen LogP contribution in [0.3, 0.4) is 0 Å². The molecule has 1 aliphatic rings. The van der Waals surface area contributed by atoms with E-state index in [0.29, 0.717) is 5.69 Å². The Morgan fingerprint density at radius 3 is 2.12 bits per heavy atom. The molecule has 0 fully saturated rings. The molecular formula is C19H17N3O3. The second-order valence-corrected chi connectivity index (χ2v) is 5.77. The zero-order chi connectivity index (χ0) is 17.4. The summed E-state index contributed by atoms with van der Waals surface area (Å²) in [5.74, 6) is 1.40. The van der Waals surface area contributed by atoms with Gasteiger partial charge in [0.25, 0.3) is 5.91 Å². The summed E-state index contributed by atoms with van der Waals surface area (Å²) in [6, 6.07) is 15.0. The van der Waals surface area contributed by atoms with Gasteiger partial charge in [-0.2, -0.15) is 5.10 Å². The van der Waals surface area contributed by atoms with Gasteiger partial charge in [0.05, 0.1) is 26.0 Å². The lowest BCUT2D eigenvalue weighted by Gasteiger charge is -2.14. The number of ether oxygens (including phenoxy) is 2. The van der Waals surface area contributed by atoms with Crippen molar-refractivity contribution in [3.05, 3.63) is 65.4 Å². The van der Waals surface area contributed by atoms with Gasteiger partial charge in [-0.15, -0.1) is 0 Å². The van der Waals surface area contributed by atoms with Crippen molar-refractivity contribution >= 4 is 5.91 Å². The SMILES string of the molecule is COc1ccc(-c2n[nH]c3c2C(c2ccc(OC)cc2)NC3=O)cc1. The summed E-state index contributed by atoms with van der Waals surface area (Å²) in [6.45, 7) is 0. The number of aromatic amines is 1. The van der Waals surface area contributed by atoms with Crippen LogP contribution in [-0.2, 0) is 0 Å². The molecule has 0 saturated carbocycles. The molecule has 1 unspecified atom stereocenters. The van der Waals surface area contributed by atoms with Gasteiger partial charge in [-0.05, 0) is 42.0 Å². The highest BCUT2D eigenvalue weighted by Gasteiger charge is 2.35. The van der Waals surface area contributed by atoms with E-state index in [1.807, 2.05) is 48.5 Å². The lowest BCUT2D eigenvalue weighted by atomic mass is 9.97. The molecule has 0 radical (unpaired) electrons. The van der Waals surface area contributed by atoms with Crippen molar-refractivity contribution in [1.82, 2.24) is 15.5 Å². The highest BCUT2D eigenvalue weighted by molar-refractivity contribution is 6.00. The van der Waals surface area contributed by atoms with E-state index >= 15 is 0 Å². The van der Waals surface area contributed by atoms with E-state index in [1.165, 1.54) is 0 Å². The summed E-state index contributed by atoms with van der Waals surface area (Å²) in [5.41, 5.74) is 4.03. The molecule has 4 rings (SSSR count). The molecule has 0 aliphatic carbocycles. The van der Waals surface area contributed by atoms with Crippen molar-refractivity contribution in [2.24, 2.45) is 0 Å². The minimum atomic E-state index is -0.246. The number of nitrogens with one attached hydrogen (secondary N) is 2. The molecule has 1 aliphatic heterocycles. The van der Waals surface area contributed by atoms with Crippen LogP contribution in [0.4, 0.5) is 0 Å². The van der Waals surface area contributed by atoms with Gasteiger partial charge in [0, 0.05) is 11.1 Å². The molecule has 25 heavy (non-hydrogen) atoms. The smallest absolute Gasteiger partial charge is 0.270 e. The van der Waals surface area contributed by atoms with E-state index < -0.39 is 0 Å². The molecule has 1 aromatic heterocycles. The van der Waals surface area contributed by atoms with Crippen LogP contribution in [0.1, 0.15) is 27.7 Å². The Kier molecular flexibility index (Phi) is 3.65. The number of carbonyl (C=O) groups is 1. The van der Waals surface area contributed by atoms with Crippen molar-refractivity contribution in [2.75, 3.05) is 14.2 Å². The number of hydrogen-bond acceptors (Lipinski definition) is 4. The van der Waals surface area contributed by atoms with Crippen LogP contribution in [0.5, 0.6) is 11.5 Å². The van der Waals surface area contributed by atoms with Crippen LogP contribution in [0.15, 0.2) is 48.5 Å². The number of hydrogen-bond donors (Lipinski definition) is 2. The van der Waals surface area contributed by atoms with Crippen LogP contribution in [0.25, 0.3) is 11.3 Å². The average molecular weight is 335 g/mol. The van der Waals surface area contributed by atoms with Gasteiger partial charge >= 0.3 is 0 Å². The Hall–Kier alpha value is -3.28. The third-order valence-corrected chi connectivity index (χ3v) is 4.41. The Morgan fingerprint density at radius 1 is 0.920 bits per heavy atom. The number of carbonyl (C=O) groups excluding carboxylic acids is 1. The van der Waals surface area contributed by atoms with Gasteiger partial charge < -0.3 is 14.8 Å². The summed E-state index contributed by atoms with van der Waals surface area (Å²) in [6.07, 6.45) is 0. The first-order valence-corrected chi connectivity index (χ1v) is 7.88. The zero-order valence-electron chi connectivity index (χ0n) is 13.9. The number of aromatic nitrogens is 2. The van der Waals surface area contributed by atoms with Crippen molar-refractivity contribution in [1.29, 1.82) is 0 Å². The Balaban J connectivity index is 1.77. The maximum absolute atomic E-state index is 12.3. The first-order chi connectivity index (χ1) is 12.2.